The van der Waals surface area contributed by atoms with Gasteiger partial charge in [-0.2, -0.15) is 0 Å². The van der Waals surface area contributed by atoms with E-state index in [2.05, 4.69) is 4.98 Å². The Bertz CT molecular complexity index is 810. The molecule has 3 rings (SSSR count). The summed E-state index contributed by atoms with van der Waals surface area (Å²) in [7, 11) is 0. The van der Waals surface area contributed by atoms with Crippen LogP contribution in [-0.2, 0) is 12.8 Å². The van der Waals surface area contributed by atoms with Crippen LogP contribution in [0.2, 0.25) is 0 Å². The van der Waals surface area contributed by atoms with Crippen molar-refractivity contribution in [2.75, 3.05) is 0 Å². The molecule has 0 radical (unpaired) electrons. The molecule has 5 nitrogen and oxygen atoms in total. The van der Waals surface area contributed by atoms with Crippen molar-refractivity contribution in [3.8, 4) is 17.0 Å². The van der Waals surface area contributed by atoms with Crippen LogP contribution in [0.15, 0.2) is 23.0 Å². The van der Waals surface area contributed by atoms with E-state index in [4.69, 9.17) is 5.11 Å². The van der Waals surface area contributed by atoms with Crippen molar-refractivity contribution >= 4 is 5.97 Å². The number of benzene rings is 1. The fourth-order valence-corrected chi connectivity index (χ4v) is 2.80. The fourth-order valence-electron chi connectivity index (χ4n) is 2.80. The zero-order chi connectivity index (χ0) is 15.1. The maximum Gasteiger partial charge on any atom is 0.345 e. The lowest BCUT2D eigenvalue weighted by molar-refractivity contribution is 0.0691. The molecule has 1 aliphatic carbocycles. The van der Waals surface area contributed by atoms with Gasteiger partial charge in [0, 0.05) is 11.1 Å². The number of carboxylic acids is 1. The summed E-state index contributed by atoms with van der Waals surface area (Å²) in [4.78, 5) is 25.4. The van der Waals surface area contributed by atoms with E-state index in [1.54, 1.807) is 12.1 Å². The van der Waals surface area contributed by atoms with Gasteiger partial charge < -0.3 is 15.2 Å². The van der Waals surface area contributed by atoms with Gasteiger partial charge in [0.25, 0.3) is 5.56 Å². The van der Waals surface area contributed by atoms with Gasteiger partial charge in [0.2, 0.25) is 0 Å². The van der Waals surface area contributed by atoms with E-state index in [0.29, 0.717) is 19.3 Å². The van der Waals surface area contributed by atoms with Crippen LogP contribution in [0.4, 0.5) is 4.39 Å². The molecule has 0 fully saturated rings. The van der Waals surface area contributed by atoms with Gasteiger partial charge in [-0.3, -0.25) is 4.79 Å². The Labute approximate surface area is 118 Å². The topological polar surface area (TPSA) is 90.4 Å². The molecule has 0 amide bonds. The molecule has 0 atom stereocenters. The zero-order valence-electron chi connectivity index (χ0n) is 10.9. The average molecular weight is 289 g/mol. The number of aromatic amines is 1. The van der Waals surface area contributed by atoms with E-state index in [1.165, 1.54) is 6.07 Å². The molecule has 0 unspecified atom stereocenters. The smallest absolute Gasteiger partial charge is 0.345 e. The first-order chi connectivity index (χ1) is 10.0. The minimum absolute atomic E-state index is 0.174. The molecule has 3 N–H and O–H groups in total. The van der Waals surface area contributed by atoms with E-state index in [-0.39, 0.29) is 16.8 Å². The predicted octanol–water partition coefficient (Wildman–Crippen LogP) is 2.07. The molecule has 0 saturated carbocycles. The lowest BCUT2D eigenvalue weighted by Gasteiger charge is -2.12. The van der Waals surface area contributed by atoms with Crippen LogP contribution in [0.3, 0.4) is 0 Å². The van der Waals surface area contributed by atoms with Gasteiger partial charge in [0.05, 0.1) is 5.69 Å². The number of halogens is 1. The third-order valence-corrected chi connectivity index (χ3v) is 3.73. The van der Waals surface area contributed by atoms with Crippen molar-refractivity contribution in [1.29, 1.82) is 0 Å². The summed E-state index contributed by atoms with van der Waals surface area (Å²) in [5.41, 5.74) is -0.228. The van der Waals surface area contributed by atoms with E-state index in [1.807, 2.05) is 0 Å². The van der Waals surface area contributed by atoms with Gasteiger partial charge in [-0.15, -0.1) is 0 Å². The average Bonchev–Trinajstić information content (AvgIpc) is 2.59. The Kier molecular flexibility index (Phi) is 3.01. The molecule has 1 aromatic carbocycles. The van der Waals surface area contributed by atoms with Gasteiger partial charge in [-0.05, 0) is 30.9 Å². The number of H-pyrrole nitrogens is 1. The largest absolute Gasteiger partial charge is 0.506 e. The molecule has 0 saturated heterocycles. The summed E-state index contributed by atoms with van der Waals surface area (Å²) in [6.45, 7) is 0. The predicted molar refractivity (Wildman–Crippen MR) is 73.1 cm³/mol. The minimum atomic E-state index is -1.51. The summed E-state index contributed by atoms with van der Waals surface area (Å²) in [5.74, 6) is -2.58. The van der Waals surface area contributed by atoms with E-state index < -0.39 is 28.7 Å². The van der Waals surface area contributed by atoms with Crippen LogP contribution < -0.4 is 5.56 Å². The first kappa shape index (κ1) is 13.4. The number of rotatable bonds is 1. The highest BCUT2D eigenvalue weighted by Crippen LogP contribution is 2.37. The molecule has 2 aromatic rings. The van der Waals surface area contributed by atoms with Crippen molar-refractivity contribution in [3.05, 3.63) is 51.1 Å². The zero-order valence-corrected chi connectivity index (χ0v) is 10.9. The van der Waals surface area contributed by atoms with Crippen molar-refractivity contribution in [2.24, 2.45) is 0 Å². The molecule has 1 aliphatic rings. The second-order valence-corrected chi connectivity index (χ2v) is 4.96. The molecule has 108 valence electrons. The number of aromatic carboxylic acids is 1. The lowest BCUT2D eigenvalue weighted by Crippen LogP contribution is -2.20. The summed E-state index contributed by atoms with van der Waals surface area (Å²) in [5, 5.41) is 19.1. The Balaban J connectivity index is 2.40. The molecule has 0 aliphatic heterocycles. The van der Waals surface area contributed by atoms with Gasteiger partial charge in [0.15, 0.2) is 5.56 Å². The molecule has 6 heteroatoms. The first-order valence-electron chi connectivity index (χ1n) is 6.50. The van der Waals surface area contributed by atoms with Crippen LogP contribution in [0.1, 0.15) is 27.9 Å². The van der Waals surface area contributed by atoms with E-state index in [0.717, 1.165) is 5.56 Å². The van der Waals surface area contributed by atoms with Crippen molar-refractivity contribution < 1.29 is 19.4 Å². The quantitative estimate of drug-likeness (QED) is 0.749. The summed E-state index contributed by atoms with van der Waals surface area (Å²) in [6.07, 6.45) is 1.58. The van der Waals surface area contributed by atoms with Crippen molar-refractivity contribution in [2.45, 2.75) is 19.3 Å². The molecule has 1 aromatic heterocycles. The molecule has 0 spiro atoms. The third-order valence-electron chi connectivity index (χ3n) is 3.73. The van der Waals surface area contributed by atoms with Crippen LogP contribution >= 0.6 is 0 Å². The maximum atomic E-state index is 14.1. The molecular formula is C15H12FNO4. The second-order valence-electron chi connectivity index (χ2n) is 4.96. The number of hydrogen-bond acceptors (Lipinski definition) is 3. The van der Waals surface area contributed by atoms with Crippen molar-refractivity contribution in [3.63, 3.8) is 0 Å². The summed E-state index contributed by atoms with van der Waals surface area (Å²) in [6, 6.07) is 4.62. The number of aromatic hydroxyl groups is 1. The van der Waals surface area contributed by atoms with Gasteiger partial charge >= 0.3 is 5.97 Å². The van der Waals surface area contributed by atoms with Gasteiger partial charge in [-0.25, -0.2) is 9.18 Å². The Morgan fingerprint density at radius 2 is 2.05 bits per heavy atom. The molecule has 21 heavy (non-hydrogen) atoms. The highest BCUT2D eigenvalue weighted by molar-refractivity contribution is 5.92. The van der Waals surface area contributed by atoms with Crippen molar-refractivity contribution in [1.82, 2.24) is 4.98 Å². The SMILES string of the molecule is O=C(O)c1c(O)c2c([nH]c1=O)-c1c(F)cccc1CCC2. The third kappa shape index (κ3) is 1.99. The number of fused-ring (bicyclic) bond motifs is 3. The van der Waals surface area contributed by atoms with Crippen LogP contribution in [-0.4, -0.2) is 21.2 Å². The van der Waals surface area contributed by atoms with Crippen LogP contribution in [0, 0.1) is 5.82 Å². The standard InChI is InChI=1S/C15H12FNO4/c16-9-6-2-4-7-3-1-5-8-12(10(7)9)17-14(19)11(13(8)18)15(20)21/h2,4,6H,1,3,5H2,(H,20,21)(H2,17,18,19). The number of aryl methyl sites for hydroxylation is 1. The maximum absolute atomic E-state index is 14.1. The second kappa shape index (κ2) is 4.73. The van der Waals surface area contributed by atoms with Gasteiger partial charge in [0.1, 0.15) is 11.6 Å². The minimum Gasteiger partial charge on any atom is -0.506 e. The lowest BCUT2D eigenvalue weighted by atomic mass is 9.99. The molecular weight excluding hydrogens is 277 g/mol. The number of aromatic nitrogens is 1. The Morgan fingerprint density at radius 3 is 2.76 bits per heavy atom. The van der Waals surface area contributed by atoms with Crippen LogP contribution in [0.25, 0.3) is 11.3 Å². The van der Waals surface area contributed by atoms with Crippen LogP contribution in [0.5, 0.6) is 5.75 Å². The number of hydrogen-bond donors (Lipinski definition) is 3. The number of nitrogens with one attached hydrogen (secondary N) is 1. The van der Waals surface area contributed by atoms with Gasteiger partial charge in [-0.1, -0.05) is 12.1 Å². The number of carbonyl (C=O) groups is 1. The summed E-state index contributed by atoms with van der Waals surface area (Å²) < 4.78 is 14.1. The normalized spacial score (nSPS) is 13.2. The Hall–Kier alpha value is -2.63. The fraction of sp³-hybridized carbons (Fsp3) is 0.200. The number of pyridine rings is 1. The number of carboxylic acid groups (broad SMARTS) is 1. The Morgan fingerprint density at radius 1 is 1.29 bits per heavy atom. The van der Waals surface area contributed by atoms with E-state index >= 15 is 0 Å². The van der Waals surface area contributed by atoms with E-state index in [9.17, 15) is 19.1 Å². The monoisotopic (exact) mass is 289 g/mol. The highest BCUT2D eigenvalue weighted by Gasteiger charge is 2.26. The first-order valence-corrected chi connectivity index (χ1v) is 6.50. The summed E-state index contributed by atoms with van der Waals surface area (Å²) >= 11 is 0. The molecule has 1 heterocycles. The highest BCUT2D eigenvalue weighted by atomic mass is 19.1. The molecule has 0 bridgehead atoms.